The van der Waals surface area contributed by atoms with Crippen molar-refractivity contribution >= 4 is 0 Å². The van der Waals surface area contributed by atoms with Crippen molar-refractivity contribution in [2.24, 2.45) is 5.90 Å². The molecule has 0 fully saturated rings. The van der Waals surface area contributed by atoms with Crippen molar-refractivity contribution in [3.8, 4) is 0 Å². The van der Waals surface area contributed by atoms with Crippen LogP contribution in [0.3, 0.4) is 0 Å². The van der Waals surface area contributed by atoms with Crippen molar-refractivity contribution in [2.45, 2.75) is 33.3 Å². The monoisotopic (exact) mass is 179 g/mol. The largest absolute Gasteiger partial charge is 0.294 e. The second kappa shape index (κ2) is 3.48. The van der Waals surface area contributed by atoms with E-state index in [2.05, 4.69) is 26.0 Å². The van der Waals surface area contributed by atoms with E-state index in [9.17, 15) is 0 Å². The number of aryl methyl sites for hydroxylation is 2. The molecule has 1 aromatic carbocycles. The predicted molar refractivity (Wildman–Crippen MR) is 54.2 cm³/mol. The molecule has 0 saturated heterocycles. The molecule has 2 nitrogen and oxygen atoms in total. The smallest absolute Gasteiger partial charge is 0.109 e. The molecule has 2 N–H and O–H groups in total. The van der Waals surface area contributed by atoms with Crippen LogP contribution in [0.1, 0.15) is 30.5 Å². The summed E-state index contributed by atoms with van der Waals surface area (Å²) in [5, 5.41) is 0. The van der Waals surface area contributed by atoms with E-state index < -0.39 is 5.60 Å². The first kappa shape index (κ1) is 10.2. The van der Waals surface area contributed by atoms with Gasteiger partial charge in [0.2, 0.25) is 0 Å². The van der Waals surface area contributed by atoms with Gasteiger partial charge in [-0.1, -0.05) is 18.2 Å². The van der Waals surface area contributed by atoms with E-state index in [1.54, 1.807) is 0 Å². The minimum atomic E-state index is -0.407. The predicted octanol–water partition coefficient (Wildman–Crippen LogP) is 2.43. The summed E-state index contributed by atoms with van der Waals surface area (Å²) in [6.07, 6.45) is 0. The van der Waals surface area contributed by atoms with E-state index in [1.165, 1.54) is 16.7 Å². The molecule has 1 aromatic rings. The Morgan fingerprint density at radius 2 is 1.62 bits per heavy atom. The molecule has 0 aliphatic carbocycles. The van der Waals surface area contributed by atoms with Crippen LogP contribution < -0.4 is 5.90 Å². The average molecular weight is 179 g/mol. The third kappa shape index (κ3) is 1.90. The van der Waals surface area contributed by atoms with Gasteiger partial charge in [0.15, 0.2) is 0 Å². The first-order valence-corrected chi connectivity index (χ1v) is 4.43. The second-order valence-electron chi connectivity index (χ2n) is 3.89. The number of benzene rings is 1. The minimum Gasteiger partial charge on any atom is -0.294 e. The van der Waals surface area contributed by atoms with Gasteiger partial charge in [-0.05, 0) is 44.4 Å². The van der Waals surface area contributed by atoms with Gasteiger partial charge in [0.25, 0.3) is 0 Å². The third-order valence-electron chi connectivity index (χ3n) is 2.38. The van der Waals surface area contributed by atoms with Gasteiger partial charge in [0.1, 0.15) is 5.60 Å². The molecular formula is C11H17NO. The van der Waals surface area contributed by atoms with Gasteiger partial charge in [0, 0.05) is 0 Å². The fourth-order valence-corrected chi connectivity index (χ4v) is 1.82. The van der Waals surface area contributed by atoms with Crippen LogP contribution in [0.4, 0.5) is 0 Å². The highest BCUT2D eigenvalue weighted by Crippen LogP contribution is 2.28. The molecule has 0 amide bonds. The molecule has 0 aliphatic heterocycles. The zero-order valence-electron chi connectivity index (χ0n) is 8.72. The Bertz CT molecular complexity index is 285. The highest BCUT2D eigenvalue weighted by molar-refractivity contribution is 5.37. The molecule has 13 heavy (non-hydrogen) atoms. The summed E-state index contributed by atoms with van der Waals surface area (Å²) in [5.41, 5.74) is 3.21. The Labute approximate surface area is 79.7 Å². The van der Waals surface area contributed by atoms with Crippen LogP contribution in [0.2, 0.25) is 0 Å². The zero-order chi connectivity index (χ0) is 10.1. The molecule has 0 spiro atoms. The Hall–Kier alpha value is -0.860. The van der Waals surface area contributed by atoms with Gasteiger partial charge >= 0.3 is 0 Å². The van der Waals surface area contributed by atoms with Crippen molar-refractivity contribution in [1.29, 1.82) is 0 Å². The molecule has 0 saturated carbocycles. The third-order valence-corrected chi connectivity index (χ3v) is 2.38. The van der Waals surface area contributed by atoms with Gasteiger partial charge in [-0.3, -0.25) is 4.84 Å². The molecule has 0 aliphatic rings. The summed E-state index contributed by atoms with van der Waals surface area (Å²) < 4.78 is 0. The van der Waals surface area contributed by atoms with E-state index >= 15 is 0 Å². The molecule has 0 aromatic heterocycles. The Morgan fingerprint density at radius 1 is 1.15 bits per heavy atom. The van der Waals surface area contributed by atoms with Crippen LogP contribution in [0.15, 0.2) is 18.2 Å². The Morgan fingerprint density at radius 3 is 2.00 bits per heavy atom. The van der Waals surface area contributed by atoms with E-state index in [4.69, 9.17) is 10.7 Å². The Kier molecular flexibility index (Phi) is 2.74. The molecule has 0 heterocycles. The lowest BCUT2D eigenvalue weighted by molar-refractivity contribution is -0.0244. The van der Waals surface area contributed by atoms with Crippen LogP contribution in [-0.4, -0.2) is 0 Å². The summed E-state index contributed by atoms with van der Waals surface area (Å²) in [6.45, 7) is 8.09. The average Bonchev–Trinajstić information content (AvgIpc) is 2.03. The fourth-order valence-electron chi connectivity index (χ4n) is 1.82. The van der Waals surface area contributed by atoms with E-state index in [0.717, 1.165) is 0 Å². The summed E-state index contributed by atoms with van der Waals surface area (Å²) in [7, 11) is 0. The van der Waals surface area contributed by atoms with Crippen molar-refractivity contribution in [3.05, 3.63) is 34.9 Å². The first-order valence-electron chi connectivity index (χ1n) is 4.43. The second-order valence-corrected chi connectivity index (χ2v) is 3.89. The van der Waals surface area contributed by atoms with Gasteiger partial charge < -0.3 is 0 Å². The lowest BCUT2D eigenvalue weighted by atomic mass is 9.90. The fraction of sp³-hybridized carbons (Fsp3) is 0.455. The van der Waals surface area contributed by atoms with Crippen molar-refractivity contribution < 1.29 is 4.84 Å². The summed E-state index contributed by atoms with van der Waals surface area (Å²) >= 11 is 0. The van der Waals surface area contributed by atoms with Gasteiger partial charge in [-0.15, -0.1) is 0 Å². The Balaban J connectivity index is 3.28. The highest BCUT2D eigenvalue weighted by atomic mass is 16.6. The maximum Gasteiger partial charge on any atom is 0.109 e. The standard InChI is InChI=1S/C11H17NO/c1-8-6-5-7-9(2)10(8)11(3,4)13-12/h5-7H,12H2,1-4H3. The van der Waals surface area contributed by atoms with E-state index in [-0.39, 0.29) is 0 Å². The number of hydrogen-bond acceptors (Lipinski definition) is 2. The van der Waals surface area contributed by atoms with Crippen molar-refractivity contribution in [3.63, 3.8) is 0 Å². The molecule has 2 heteroatoms. The number of hydrogen-bond donors (Lipinski definition) is 1. The summed E-state index contributed by atoms with van der Waals surface area (Å²) in [4.78, 5) is 4.99. The summed E-state index contributed by atoms with van der Waals surface area (Å²) in [5.74, 6) is 5.28. The molecule has 0 atom stereocenters. The van der Waals surface area contributed by atoms with Crippen LogP contribution in [0.5, 0.6) is 0 Å². The molecule has 0 bridgehead atoms. The van der Waals surface area contributed by atoms with E-state index in [0.29, 0.717) is 0 Å². The minimum absolute atomic E-state index is 0.407. The van der Waals surface area contributed by atoms with Crippen molar-refractivity contribution in [2.75, 3.05) is 0 Å². The lowest BCUT2D eigenvalue weighted by Gasteiger charge is -2.26. The van der Waals surface area contributed by atoms with Gasteiger partial charge in [-0.25, -0.2) is 5.90 Å². The number of rotatable bonds is 2. The molecule has 0 radical (unpaired) electrons. The van der Waals surface area contributed by atoms with Crippen LogP contribution in [0.25, 0.3) is 0 Å². The SMILES string of the molecule is Cc1cccc(C)c1C(C)(C)ON. The molecule has 0 unspecified atom stereocenters. The van der Waals surface area contributed by atoms with E-state index in [1.807, 2.05) is 19.9 Å². The highest BCUT2D eigenvalue weighted by Gasteiger charge is 2.24. The van der Waals surface area contributed by atoms with Gasteiger partial charge in [0.05, 0.1) is 0 Å². The molecule has 1 rings (SSSR count). The summed E-state index contributed by atoms with van der Waals surface area (Å²) in [6, 6.07) is 6.19. The zero-order valence-corrected chi connectivity index (χ0v) is 8.72. The van der Waals surface area contributed by atoms with Gasteiger partial charge in [-0.2, -0.15) is 0 Å². The molecule has 72 valence electrons. The number of nitrogens with two attached hydrogens (primary N) is 1. The van der Waals surface area contributed by atoms with Crippen molar-refractivity contribution in [1.82, 2.24) is 0 Å². The normalized spacial score (nSPS) is 11.8. The first-order chi connectivity index (χ1) is 5.99. The maximum absolute atomic E-state index is 5.28. The van der Waals surface area contributed by atoms with Crippen LogP contribution >= 0.6 is 0 Å². The van der Waals surface area contributed by atoms with Crippen LogP contribution in [-0.2, 0) is 10.4 Å². The maximum atomic E-state index is 5.28. The van der Waals surface area contributed by atoms with Crippen LogP contribution in [0, 0.1) is 13.8 Å². The molecular weight excluding hydrogens is 162 g/mol. The topological polar surface area (TPSA) is 35.2 Å². The lowest BCUT2D eigenvalue weighted by Crippen LogP contribution is -2.27. The quantitative estimate of drug-likeness (QED) is 0.708.